The van der Waals surface area contributed by atoms with E-state index in [0.717, 1.165) is 21.7 Å². The molecule has 22 heteroatoms. The molecule has 2 fully saturated rings. The molecule has 2 amide bonds. The van der Waals surface area contributed by atoms with Crippen LogP contribution in [0.25, 0.3) is 0 Å². The van der Waals surface area contributed by atoms with E-state index in [2.05, 4.69) is 26.3 Å². The quantitative estimate of drug-likeness (QED) is 0.0717. The van der Waals surface area contributed by atoms with Gasteiger partial charge in [-0.2, -0.15) is 15.2 Å². The summed E-state index contributed by atoms with van der Waals surface area (Å²) in [5.74, 6) is -1.88. The Labute approximate surface area is 424 Å². The molecule has 0 saturated carbocycles. The Bertz CT molecular complexity index is 3160. The van der Waals surface area contributed by atoms with E-state index in [0.29, 0.717) is 74.1 Å². The van der Waals surface area contributed by atoms with Gasteiger partial charge in [0.05, 0.1) is 57.7 Å². The van der Waals surface area contributed by atoms with E-state index in [1.54, 1.807) is 60.0 Å². The lowest BCUT2D eigenvalue weighted by Gasteiger charge is -2.35. The van der Waals surface area contributed by atoms with Crippen molar-refractivity contribution in [3.05, 3.63) is 129 Å². The third kappa shape index (κ3) is 14.4. The monoisotopic (exact) mass is 1060 g/mol. The predicted molar refractivity (Wildman–Crippen MR) is 277 cm³/mol. The van der Waals surface area contributed by atoms with Gasteiger partial charge in [-0.05, 0) is 149 Å². The number of aryl methyl sites for hydroxylation is 2. The van der Waals surface area contributed by atoms with Crippen LogP contribution >= 0.6 is 0 Å². The smallest absolute Gasteiger partial charge is 0.253 e. The molecule has 1 unspecified atom stereocenters. The van der Waals surface area contributed by atoms with Gasteiger partial charge in [-0.3, -0.25) is 18.6 Å². The molecular weight excluding hydrogens is 1000 g/mol. The van der Waals surface area contributed by atoms with E-state index in [4.69, 9.17) is 5.26 Å². The average molecular weight is 1060 g/mol. The van der Waals surface area contributed by atoms with Crippen LogP contribution in [0.15, 0.2) is 84.9 Å². The van der Waals surface area contributed by atoms with Gasteiger partial charge in [0.25, 0.3) is 11.8 Å². The molecule has 4 aromatic carbocycles. The first kappa shape index (κ1) is 55.4. The van der Waals surface area contributed by atoms with Crippen LogP contribution in [0.5, 0.6) is 0 Å². The summed E-state index contributed by atoms with van der Waals surface area (Å²) in [5.41, 5.74) is 4.36. The van der Waals surface area contributed by atoms with Crippen LogP contribution in [0, 0.1) is 36.5 Å². The summed E-state index contributed by atoms with van der Waals surface area (Å²) in [6.07, 6.45) is 0.796. The van der Waals surface area contributed by atoms with Crippen molar-refractivity contribution in [3.8, 4) is 12.1 Å². The third-order valence-corrected chi connectivity index (χ3v) is 18.8. The number of benzene rings is 4. The van der Waals surface area contributed by atoms with Crippen molar-refractivity contribution in [1.29, 1.82) is 10.5 Å². The number of rotatable bonds is 20. The second-order valence-electron chi connectivity index (χ2n) is 18.7. The summed E-state index contributed by atoms with van der Waals surface area (Å²) in [5, 5.41) is 17.6. The van der Waals surface area contributed by atoms with Crippen molar-refractivity contribution in [1.82, 2.24) is 19.2 Å². The largest absolute Gasteiger partial charge is 0.339 e. The Balaban J connectivity index is 1.23. The molecule has 0 bridgehead atoms. The molecule has 2 aliphatic rings. The highest BCUT2D eigenvalue weighted by molar-refractivity contribution is 7.93. The Hall–Kier alpha value is -5.88. The Morgan fingerprint density at radius 2 is 1.15 bits per heavy atom. The fourth-order valence-electron chi connectivity index (χ4n) is 8.90. The molecule has 72 heavy (non-hydrogen) atoms. The van der Waals surface area contributed by atoms with E-state index in [1.807, 2.05) is 24.3 Å². The van der Waals surface area contributed by atoms with E-state index in [-0.39, 0.29) is 53.2 Å². The van der Waals surface area contributed by atoms with Crippen LogP contribution in [0.4, 0.5) is 11.4 Å². The number of carbonyl (C=O) groups excluding carboxylic acids is 2. The van der Waals surface area contributed by atoms with Crippen LogP contribution < -0.4 is 18.5 Å². The standard InChI is InChI=1S/C50H62N8O10S4/c1-35(2)72(67,68)53-24-6-29-71(65,66)58(47-32-45(14-8-37(47)4)50(60)57-27-21-43(22-28-57)41-17-11-39(34-52)12-18-41)48(55-69(5,61)62)23-30-70(63,64)54-46-31-44(13-7-36(46)3)49(59)56-25-19-42(20-26-56)40-15-9-38(33-51)10-16-40/h7-18,31-32,35,42-43,48,53-55H,6,19-30H2,1-5H3. The van der Waals surface area contributed by atoms with Crippen molar-refractivity contribution in [2.75, 3.05) is 59.5 Å². The number of sulfonamides is 4. The Morgan fingerprint density at radius 3 is 1.61 bits per heavy atom. The van der Waals surface area contributed by atoms with Crippen molar-refractivity contribution in [2.45, 2.75) is 89.5 Å². The number of nitrogens with one attached hydrogen (secondary N) is 3. The van der Waals surface area contributed by atoms with Gasteiger partial charge in [0.1, 0.15) is 6.17 Å². The number of carbonyl (C=O) groups is 2. The third-order valence-electron chi connectivity index (χ3n) is 13.1. The number of nitriles is 2. The minimum atomic E-state index is -4.64. The number of likely N-dealkylation sites (tertiary alicyclic amines) is 2. The predicted octanol–water partition coefficient (Wildman–Crippen LogP) is 5.65. The molecule has 3 N–H and O–H groups in total. The molecule has 4 aromatic rings. The van der Waals surface area contributed by atoms with Gasteiger partial charge < -0.3 is 9.80 Å². The van der Waals surface area contributed by atoms with Crippen LogP contribution in [-0.2, 0) is 40.1 Å². The highest BCUT2D eigenvalue weighted by Crippen LogP contribution is 2.33. The van der Waals surface area contributed by atoms with Gasteiger partial charge in [0, 0.05) is 43.9 Å². The van der Waals surface area contributed by atoms with Crippen LogP contribution in [-0.4, -0.2) is 117 Å². The fourth-order valence-corrected chi connectivity index (χ4v) is 13.4. The number of nitrogens with zero attached hydrogens (tertiary/aromatic N) is 5. The van der Waals surface area contributed by atoms with Crippen LogP contribution in [0.3, 0.4) is 0 Å². The van der Waals surface area contributed by atoms with Crippen molar-refractivity contribution in [3.63, 3.8) is 0 Å². The lowest BCUT2D eigenvalue weighted by atomic mass is 9.89. The zero-order chi connectivity index (χ0) is 52.6. The summed E-state index contributed by atoms with van der Waals surface area (Å²) in [6.45, 7) is 7.52. The minimum absolute atomic E-state index is 0.0921. The highest BCUT2D eigenvalue weighted by atomic mass is 32.2. The second-order valence-corrected chi connectivity index (χ2v) is 26.6. The molecule has 6 rings (SSSR count). The van der Waals surface area contributed by atoms with Crippen LogP contribution in [0.1, 0.15) is 118 Å². The molecule has 0 radical (unpaired) electrons. The SMILES string of the molecule is Cc1ccc(C(=O)N2CCC(c3ccc(C#N)cc3)CC2)cc1NS(=O)(=O)CCC(NS(C)(=O)=O)N(c1cc(C(=O)N2CCC(c3ccc(C#N)cc3)CC2)ccc1C)S(=O)(=O)CCCNS(=O)(=O)C(C)C. The lowest BCUT2D eigenvalue weighted by Crippen LogP contribution is -2.52. The lowest BCUT2D eigenvalue weighted by molar-refractivity contribution is 0.0705. The molecule has 2 aliphatic heterocycles. The van der Waals surface area contributed by atoms with E-state index in [1.165, 1.54) is 38.1 Å². The molecular formula is C50H62N8O10S4. The average Bonchev–Trinajstić information content (AvgIpc) is 3.35. The summed E-state index contributed by atoms with van der Waals surface area (Å²) in [4.78, 5) is 31.3. The summed E-state index contributed by atoms with van der Waals surface area (Å²) < 4.78 is 117. The number of hydrogen-bond acceptors (Lipinski definition) is 12. The maximum absolute atomic E-state index is 14.7. The fraction of sp³-hybridized carbons (Fsp3) is 0.440. The van der Waals surface area contributed by atoms with Gasteiger partial charge in [0.2, 0.25) is 40.1 Å². The molecule has 2 heterocycles. The number of hydrogen-bond donors (Lipinski definition) is 3. The normalized spacial score (nSPS) is 15.7. The van der Waals surface area contributed by atoms with E-state index in [9.17, 15) is 48.5 Å². The number of piperidine rings is 2. The Kier molecular flexibility index (Phi) is 18.0. The molecule has 1 atom stereocenters. The van der Waals surface area contributed by atoms with Gasteiger partial charge in [0.15, 0.2) is 0 Å². The van der Waals surface area contributed by atoms with Gasteiger partial charge in [-0.25, -0.2) is 38.4 Å². The first-order valence-corrected chi connectivity index (χ1v) is 30.4. The Morgan fingerprint density at radius 1 is 0.681 bits per heavy atom. The van der Waals surface area contributed by atoms with E-state index >= 15 is 0 Å². The van der Waals surface area contributed by atoms with Gasteiger partial charge in [-0.1, -0.05) is 36.4 Å². The second kappa shape index (κ2) is 23.3. The zero-order valence-electron chi connectivity index (χ0n) is 41.0. The van der Waals surface area contributed by atoms with Crippen LogP contribution in [0.2, 0.25) is 0 Å². The highest BCUT2D eigenvalue weighted by Gasteiger charge is 2.36. The summed E-state index contributed by atoms with van der Waals surface area (Å²) in [7, 11) is -17.1. The molecule has 0 spiro atoms. The molecule has 0 aliphatic carbocycles. The molecule has 18 nitrogen and oxygen atoms in total. The summed E-state index contributed by atoms with van der Waals surface area (Å²) >= 11 is 0. The summed E-state index contributed by atoms with van der Waals surface area (Å²) in [6, 6.07) is 27.9. The van der Waals surface area contributed by atoms with Crippen molar-refractivity contribution in [2.24, 2.45) is 0 Å². The van der Waals surface area contributed by atoms with Crippen molar-refractivity contribution < 1.29 is 43.3 Å². The first-order chi connectivity index (χ1) is 33.9. The van der Waals surface area contributed by atoms with Gasteiger partial charge in [-0.15, -0.1) is 0 Å². The number of amides is 2. The molecule has 0 aromatic heterocycles. The maximum atomic E-state index is 14.7. The first-order valence-electron chi connectivity index (χ1n) is 23.7. The van der Waals surface area contributed by atoms with E-state index < -0.39 is 75.3 Å². The zero-order valence-corrected chi connectivity index (χ0v) is 44.3. The van der Waals surface area contributed by atoms with Gasteiger partial charge >= 0.3 is 0 Å². The topological polar surface area (TPSA) is 264 Å². The molecule has 2 saturated heterocycles. The minimum Gasteiger partial charge on any atom is -0.339 e. The molecule has 386 valence electrons. The van der Waals surface area contributed by atoms with Crippen molar-refractivity contribution >= 4 is 63.3 Å². The number of anilines is 2. The maximum Gasteiger partial charge on any atom is 0.253 e.